The lowest BCUT2D eigenvalue weighted by atomic mass is 9.95. The Balaban J connectivity index is 2.08. The van der Waals surface area contributed by atoms with E-state index in [-0.39, 0.29) is 23.5 Å². The molecule has 0 amide bonds. The first-order valence-electron chi connectivity index (χ1n) is 8.52. The van der Waals surface area contributed by atoms with Gasteiger partial charge in [0.2, 0.25) is 0 Å². The SMILES string of the molecule is CCOc1ccc(-c2ccc(-c3ccc(C)cc3)c(F)c2)c(C(F)F)c1F. The Kier molecular flexibility index (Phi) is 5.49. The largest absolute Gasteiger partial charge is 0.491 e. The lowest BCUT2D eigenvalue weighted by Crippen LogP contribution is -2.01. The third-order valence-electron chi connectivity index (χ3n) is 4.31. The van der Waals surface area contributed by atoms with E-state index in [0.717, 1.165) is 11.6 Å². The molecular weight excluding hydrogens is 356 g/mol. The molecule has 0 aromatic heterocycles. The summed E-state index contributed by atoms with van der Waals surface area (Å²) in [6.45, 7) is 3.71. The number of hydrogen-bond acceptors (Lipinski definition) is 1. The van der Waals surface area contributed by atoms with E-state index in [9.17, 15) is 17.6 Å². The zero-order valence-electron chi connectivity index (χ0n) is 14.9. The first-order valence-corrected chi connectivity index (χ1v) is 8.52. The van der Waals surface area contributed by atoms with E-state index in [1.807, 2.05) is 19.1 Å². The van der Waals surface area contributed by atoms with Crippen LogP contribution in [0.3, 0.4) is 0 Å². The Labute approximate surface area is 155 Å². The second kappa shape index (κ2) is 7.82. The van der Waals surface area contributed by atoms with Crippen molar-refractivity contribution in [2.24, 2.45) is 0 Å². The van der Waals surface area contributed by atoms with Crippen LogP contribution in [0, 0.1) is 18.6 Å². The lowest BCUT2D eigenvalue weighted by Gasteiger charge is -2.14. The van der Waals surface area contributed by atoms with Gasteiger partial charge in [-0.05, 0) is 48.7 Å². The van der Waals surface area contributed by atoms with Gasteiger partial charge in [-0.15, -0.1) is 0 Å². The summed E-state index contributed by atoms with van der Waals surface area (Å²) in [6, 6.07) is 14.1. The number of ether oxygens (including phenoxy) is 1. The first kappa shape index (κ1) is 19.0. The van der Waals surface area contributed by atoms with E-state index in [1.165, 1.54) is 24.3 Å². The Bertz CT molecular complexity index is 949. The van der Waals surface area contributed by atoms with E-state index < -0.39 is 23.6 Å². The van der Waals surface area contributed by atoms with Crippen molar-refractivity contribution in [1.82, 2.24) is 0 Å². The molecular formula is C22H18F4O. The second-order valence-corrected chi connectivity index (χ2v) is 6.13. The fourth-order valence-electron chi connectivity index (χ4n) is 2.95. The smallest absolute Gasteiger partial charge is 0.267 e. The van der Waals surface area contributed by atoms with Crippen molar-refractivity contribution in [3.05, 3.63) is 77.4 Å². The summed E-state index contributed by atoms with van der Waals surface area (Å²) in [5.41, 5.74) is 1.41. The summed E-state index contributed by atoms with van der Waals surface area (Å²) >= 11 is 0. The van der Waals surface area contributed by atoms with E-state index >= 15 is 0 Å². The summed E-state index contributed by atoms with van der Waals surface area (Å²) < 4.78 is 61.1. The average Bonchev–Trinajstić information content (AvgIpc) is 2.64. The third-order valence-corrected chi connectivity index (χ3v) is 4.31. The van der Waals surface area contributed by atoms with Gasteiger partial charge >= 0.3 is 0 Å². The molecule has 0 aliphatic carbocycles. The van der Waals surface area contributed by atoms with Gasteiger partial charge < -0.3 is 4.74 Å². The number of benzene rings is 3. The van der Waals surface area contributed by atoms with E-state index in [2.05, 4.69) is 0 Å². The molecule has 1 nitrogen and oxygen atoms in total. The molecule has 27 heavy (non-hydrogen) atoms. The standard InChI is InChI=1S/C22H18F4O/c1-3-27-19-11-10-17(20(21(19)24)22(25)26)15-8-9-16(18(23)12-15)14-6-4-13(2)5-7-14/h4-12,22H,3H2,1-2H3. The van der Waals surface area contributed by atoms with Crippen LogP contribution in [-0.4, -0.2) is 6.61 Å². The van der Waals surface area contributed by atoms with Crippen LogP contribution in [0.2, 0.25) is 0 Å². The van der Waals surface area contributed by atoms with Crippen molar-refractivity contribution in [3.63, 3.8) is 0 Å². The molecule has 0 saturated heterocycles. The topological polar surface area (TPSA) is 9.23 Å². The van der Waals surface area contributed by atoms with Gasteiger partial charge in [0.05, 0.1) is 12.2 Å². The zero-order chi connectivity index (χ0) is 19.6. The van der Waals surface area contributed by atoms with Crippen LogP contribution in [0.4, 0.5) is 17.6 Å². The quantitative estimate of drug-likeness (QED) is 0.439. The summed E-state index contributed by atoms with van der Waals surface area (Å²) in [5, 5.41) is 0. The van der Waals surface area contributed by atoms with Gasteiger partial charge in [-0.1, -0.05) is 42.0 Å². The summed E-state index contributed by atoms with van der Waals surface area (Å²) in [7, 11) is 0. The van der Waals surface area contributed by atoms with Gasteiger partial charge in [-0.2, -0.15) is 0 Å². The minimum atomic E-state index is -3.06. The summed E-state index contributed by atoms with van der Waals surface area (Å²) in [6.07, 6.45) is -3.06. The summed E-state index contributed by atoms with van der Waals surface area (Å²) in [4.78, 5) is 0. The Morgan fingerprint density at radius 3 is 2.07 bits per heavy atom. The number of hydrogen-bond donors (Lipinski definition) is 0. The van der Waals surface area contributed by atoms with Gasteiger partial charge in [0.25, 0.3) is 6.43 Å². The van der Waals surface area contributed by atoms with Gasteiger partial charge in [-0.3, -0.25) is 0 Å². The highest BCUT2D eigenvalue weighted by Crippen LogP contribution is 2.38. The monoisotopic (exact) mass is 374 g/mol. The molecule has 3 rings (SSSR count). The maximum absolute atomic E-state index is 14.6. The molecule has 5 heteroatoms. The Hall–Kier alpha value is -2.82. The normalized spacial score (nSPS) is 11.1. The van der Waals surface area contributed by atoms with Crippen molar-refractivity contribution < 1.29 is 22.3 Å². The number of rotatable bonds is 5. The van der Waals surface area contributed by atoms with Gasteiger partial charge in [0.1, 0.15) is 5.82 Å². The molecule has 0 atom stereocenters. The molecule has 0 aliphatic heterocycles. The highest BCUT2D eigenvalue weighted by atomic mass is 19.3. The van der Waals surface area contributed by atoms with Crippen molar-refractivity contribution in [2.45, 2.75) is 20.3 Å². The highest BCUT2D eigenvalue weighted by molar-refractivity contribution is 5.74. The van der Waals surface area contributed by atoms with Crippen molar-refractivity contribution in [2.75, 3.05) is 6.61 Å². The molecule has 0 radical (unpaired) electrons. The molecule has 0 bridgehead atoms. The zero-order valence-corrected chi connectivity index (χ0v) is 14.9. The van der Waals surface area contributed by atoms with Crippen LogP contribution in [0.1, 0.15) is 24.5 Å². The predicted octanol–water partition coefficient (Wildman–Crippen LogP) is 6.94. The molecule has 0 spiro atoms. The molecule has 0 aliphatic rings. The number of alkyl halides is 2. The van der Waals surface area contributed by atoms with Crippen LogP contribution in [0.25, 0.3) is 22.3 Å². The van der Waals surface area contributed by atoms with Crippen LogP contribution >= 0.6 is 0 Å². The molecule has 0 fully saturated rings. The number of halogens is 4. The van der Waals surface area contributed by atoms with Crippen molar-refractivity contribution >= 4 is 0 Å². The highest BCUT2D eigenvalue weighted by Gasteiger charge is 2.23. The maximum atomic E-state index is 14.6. The first-order chi connectivity index (χ1) is 12.9. The minimum Gasteiger partial charge on any atom is -0.491 e. The Morgan fingerprint density at radius 2 is 1.48 bits per heavy atom. The second-order valence-electron chi connectivity index (χ2n) is 6.13. The molecule has 0 N–H and O–H groups in total. The van der Waals surface area contributed by atoms with E-state index in [1.54, 1.807) is 19.1 Å². The fraction of sp³-hybridized carbons (Fsp3) is 0.182. The molecule has 140 valence electrons. The molecule has 3 aromatic rings. The lowest BCUT2D eigenvalue weighted by molar-refractivity contribution is 0.145. The van der Waals surface area contributed by atoms with Crippen LogP contribution in [-0.2, 0) is 0 Å². The summed E-state index contributed by atoms with van der Waals surface area (Å²) in [5.74, 6) is -1.92. The fourth-order valence-corrected chi connectivity index (χ4v) is 2.95. The van der Waals surface area contributed by atoms with Crippen LogP contribution < -0.4 is 4.74 Å². The van der Waals surface area contributed by atoms with Crippen molar-refractivity contribution in [3.8, 4) is 28.0 Å². The van der Waals surface area contributed by atoms with Crippen LogP contribution in [0.5, 0.6) is 5.75 Å². The molecule has 0 unspecified atom stereocenters. The molecule has 0 saturated carbocycles. The van der Waals surface area contributed by atoms with Gasteiger partial charge in [0.15, 0.2) is 11.6 Å². The van der Waals surface area contributed by atoms with Gasteiger partial charge in [-0.25, -0.2) is 17.6 Å². The minimum absolute atomic E-state index is 0.0553. The van der Waals surface area contributed by atoms with E-state index in [0.29, 0.717) is 11.1 Å². The Morgan fingerprint density at radius 1 is 0.852 bits per heavy atom. The van der Waals surface area contributed by atoms with Crippen LogP contribution in [0.15, 0.2) is 54.6 Å². The predicted molar refractivity (Wildman–Crippen MR) is 98.1 cm³/mol. The molecule has 3 aromatic carbocycles. The van der Waals surface area contributed by atoms with Crippen molar-refractivity contribution in [1.29, 1.82) is 0 Å². The van der Waals surface area contributed by atoms with Gasteiger partial charge in [0, 0.05) is 5.56 Å². The third kappa shape index (κ3) is 3.82. The molecule has 0 heterocycles. The maximum Gasteiger partial charge on any atom is 0.267 e. The number of aryl methyl sites for hydroxylation is 1. The van der Waals surface area contributed by atoms with E-state index in [4.69, 9.17) is 4.74 Å². The average molecular weight is 374 g/mol.